The third kappa shape index (κ3) is 3.79. The van der Waals surface area contributed by atoms with E-state index in [0.29, 0.717) is 6.42 Å². The van der Waals surface area contributed by atoms with Crippen LogP contribution in [-0.4, -0.2) is 40.5 Å². The Hall–Kier alpha value is -3.12. The lowest BCUT2D eigenvalue weighted by Crippen LogP contribution is -2.56. The summed E-state index contributed by atoms with van der Waals surface area (Å²) in [5.74, 6) is -0.0256. The van der Waals surface area contributed by atoms with Crippen LogP contribution in [0.15, 0.2) is 54.6 Å². The van der Waals surface area contributed by atoms with Crippen LogP contribution >= 0.6 is 0 Å². The highest BCUT2D eigenvalue weighted by Crippen LogP contribution is 2.35. The molecule has 0 unspecified atom stereocenters. The normalized spacial score (nSPS) is 22.3. The predicted octanol–water partition coefficient (Wildman–Crippen LogP) is 3.90. The first-order chi connectivity index (χ1) is 15.5. The maximum atomic E-state index is 12.9. The van der Waals surface area contributed by atoms with Crippen molar-refractivity contribution in [3.05, 3.63) is 71.4 Å². The number of aromatic amines is 1. The van der Waals surface area contributed by atoms with Gasteiger partial charge < -0.3 is 10.3 Å². The van der Waals surface area contributed by atoms with Crippen LogP contribution in [0.4, 0.5) is 4.79 Å². The molecule has 3 N–H and O–H groups in total. The summed E-state index contributed by atoms with van der Waals surface area (Å²) in [7, 11) is 0. The van der Waals surface area contributed by atoms with E-state index < -0.39 is 5.54 Å². The number of amides is 3. The number of hydrogen-bond acceptors (Lipinski definition) is 3. The summed E-state index contributed by atoms with van der Waals surface area (Å²) in [5, 5.41) is 6.82. The second kappa shape index (κ2) is 8.43. The van der Waals surface area contributed by atoms with E-state index in [4.69, 9.17) is 0 Å². The molecule has 2 saturated heterocycles. The van der Waals surface area contributed by atoms with E-state index in [1.807, 2.05) is 18.2 Å². The van der Waals surface area contributed by atoms with Gasteiger partial charge in [0.2, 0.25) is 0 Å². The topological polar surface area (TPSA) is 77.2 Å². The molecular weight excluding hydrogens is 400 g/mol. The van der Waals surface area contributed by atoms with Gasteiger partial charge in [0.25, 0.3) is 5.91 Å². The van der Waals surface area contributed by atoms with Crippen molar-refractivity contribution in [2.45, 2.75) is 44.7 Å². The molecule has 3 aromatic rings. The second-order valence-corrected chi connectivity index (χ2v) is 9.19. The van der Waals surface area contributed by atoms with Gasteiger partial charge in [-0.2, -0.15) is 0 Å². The number of aromatic nitrogens is 1. The fourth-order valence-corrected chi connectivity index (χ4v) is 5.51. The molecule has 2 aliphatic heterocycles. The van der Waals surface area contributed by atoms with Crippen LogP contribution in [0.2, 0.25) is 0 Å². The summed E-state index contributed by atoms with van der Waals surface area (Å²) in [6, 6.07) is 18.3. The molecule has 32 heavy (non-hydrogen) atoms. The van der Waals surface area contributed by atoms with Crippen LogP contribution in [0.3, 0.4) is 0 Å². The average molecular weight is 431 g/mol. The maximum absolute atomic E-state index is 12.9. The number of aryl methyl sites for hydroxylation is 2. The SMILES string of the molecule is Cc1[nH]c2ccccc2c1CN1CCC([C@@]2(CCc3ccccc3)NC(=O)NC2=O)CC1. The van der Waals surface area contributed by atoms with Crippen molar-refractivity contribution >= 4 is 22.8 Å². The van der Waals surface area contributed by atoms with Crippen LogP contribution in [0.5, 0.6) is 0 Å². The number of benzene rings is 2. The van der Waals surface area contributed by atoms with E-state index in [9.17, 15) is 9.59 Å². The maximum Gasteiger partial charge on any atom is 0.322 e. The molecule has 3 amide bonds. The van der Waals surface area contributed by atoms with Gasteiger partial charge in [0.05, 0.1) is 0 Å². The van der Waals surface area contributed by atoms with Gasteiger partial charge in [-0.25, -0.2) is 4.79 Å². The zero-order valence-electron chi connectivity index (χ0n) is 18.5. The Kier molecular flexibility index (Phi) is 5.47. The highest BCUT2D eigenvalue weighted by atomic mass is 16.2. The Morgan fingerprint density at radius 2 is 1.72 bits per heavy atom. The number of carbonyl (C=O) groups excluding carboxylic acids is 2. The number of nitrogens with one attached hydrogen (secondary N) is 3. The lowest BCUT2D eigenvalue weighted by Gasteiger charge is -2.40. The number of H-pyrrole nitrogens is 1. The molecule has 0 saturated carbocycles. The number of nitrogens with zero attached hydrogens (tertiary/aromatic N) is 1. The standard InChI is InChI=1S/C26H30N4O2/c1-18-22(21-9-5-6-10-23(21)27-18)17-30-15-12-20(13-16-30)26(24(31)28-25(32)29-26)14-11-19-7-3-2-4-8-19/h2-10,20,27H,11-17H2,1H3,(H2,28,29,31,32)/t26-/m1/s1. The molecule has 0 aliphatic carbocycles. The lowest BCUT2D eigenvalue weighted by atomic mass is 9.74. The van der Waals surface area contributed by atoms with Crippen molar-refractivity contribution in [3.63, 3.8) is 0 Å². The summed E-state index contributed by atoms with van der Waals surface area (Å²) >= 11 is 0. The molecule has 2 fully saturated rings. The van der Waals surface area contributed by atoms with Gasteiger partial charge in [0.15, 0.2) is 0 Å². The highest BCUT2D eigenvalue weighted by molar-refractivity contribution is 6.07. The Labute approximate surface area is 188 Å². The molecule has 1 atom stereocenters. The predicted molar refractivity (Wildman–Crippen MR) is 125 cm³/mol. The summed E-state index contributed by atoms with van der Waals surface area (Å²) in [5.41, 5.74) is 4.13. The monoisotopic (exact) mass is 430 g/mol. The van der Waals surface area contributed by atoms with Crippen LogP contribution in [0.1, 0.15) is 36.1 Å². The molecule has 2 aliphatic rings. The van der Waals surface area contributed by atoms with Gasteiger partial charge in [-0.3, -0.25) is 15.0 Å². The molecule has 1 aromatic heterocycles. The van der Waals surface area contributed by atoms with E-state index in [-0.39, 0.29) is 17.9 Å². The number of urea groups is 1. The molecule has 2 aromatic carbocycles. The smallest absolute Gasteiger partial charge is 0.322 e. The number of piperidine rings is 1. The van der Waals surface area contributed by atoms with Gasteiger partial charge in [-0.1, -0.05) is 48.5 Å². The quantitative estimate of drug-likeness (QED) is 0.519. The van der Waals surface area contributed by atoms with Crippen LogP contribution < -0.4 is 10.6 Å². The average Bonchev–Trinajstić information content (AvgIpc) is 3.29. The Morgan fingerprint density at radius 3 is 2.44 bits per heavy atom. The highest BCUT2D eigenvalue weighted by Gasteiger charge is 2.51. The number of likely N-dealkylation sites (tertiary alicyclic amines) is 1. The van der Waals surface area contributed by atoms with E-state index in [2.05, 4.69) is 63.8 Å². The summed E-state index contributed by atoms with van der Waals surface area (Å²) in [6.45, 7) is 4.87. The first-order valence-electron chi connectivity index (χ1n) is 11.5. The van der Waals surface area contributed by atoms with E-state index in [1.165, 1.54) is 27.7 Å². The van der Waals surface area contributed by atoms with Gasteiger partial charge in [-0.15, -0.1) is 0 Å². The minimum absolute atomic E-state index is 0.137. The minimum Gasteiger partial charge on any atom is -0.358 e. The molecule has 0 radical (unpaired) electrons. The largest absolute Gasteiger partial charge is 0.358 e. The molecular formula is C26H30N4O2. The van der Waals surface area contributed by atoms with E-state index in [0.717, 1.165) is 38.9 Å². The third-order valence-corrected chi connectivity index (χ3v) is 7.31. The molecule has 6 heteroatoms. The van der Waals surface area contributed by atoms with Gasteiger partial charge in [0, 0.05) is 23.1 Å². The number of hydrogen-bond donors (Lipinski definition) is 3. The molecule has 5 rings (SSSR count). The van der Waals surface area contributed by atoms with Gasteiger partial charge in [-0.05, 0) is 68.8 Å². The number of carbonyl (C=O) groups is 2. The van der Waals surface area contributed by atoms with Crippen molar-refractivity contribution in [1.82, 2.24) is 20.5 Å². The molecule has 0 bridgehead atoms. The van der Waals surface area contributed by atoms with Gasteiger partial charge in [0.1, 0.15) is 5.54 Å². The number of rotatable bonds is 6. The summed E-state index contributed by atoms with van der Waals surface area (Å²) in [6.07, 6.45) is 3.18. The summed E-state index contributed by atoms with van der Waals surface area (Å²) in [4.78, 5) is 31.0. The molecule has 3 heterocycles. The van der Waals surface area contributed by atoms with Crippen molar-refractivity contribution in [2.75, 3.05) is 13.1 Å². The van der Waals surface area contributed by atoms with E-state index in [1.54, 1.807) is 0 Å². The van der Waals surface area contributed by atoms with Crippen LogP contribution in [-0.2, 0) is 17.8 Å². The third-order valence-electron chi connectivity index (χ3n) is 7.31. The van der Waals surface area contributed by atoms with Crippen molar-refractivity contribution in [2.24, 2.45) is 5.92 Å². The Balaban J connectivity index is 1.29. The Bertz CT molecular complexity index is 1130. The number of para-hydroxylation sites is 1. The minimum atomic E-state index is -0.810. The Morgan fingerprint density at radius 1 is 1.00 bits per heavy atom. The first-order valence-corrected chi connectivity index (χ1v) is 11.5. The molecule has 0 spiro atoms. The molecule has 166 valence electrons. The van der Waals surface area contributed by atoms with Crippen LogP contribution in [0, 0.1) is 12.8 Å². The fraction of sp³-hybridized carbons (Fsp3) is 0.385. The summed E-state index contributed by atoms with van der Waals surface area (Å²) < 4.78 is 0. The van der Waals surface area contributed by atoms with Gasteiger partial charge >= 0.3 is 6.03 Å². The zero-order chi connectivity index (χ0) is 22.1. The molecule has 6 nitrogen and oxygen atoms in total. The van der Waals surface area contributed by atoms with E-state index >= 15 is 0 Å². The number of imide groups is 1. The van der Waals surface area contributed by atoms with Crippen molar-refractivity contribution < 1.29 is 9.59 Å². The second-order valence-electron chi connectivity index (χ2n) is 9.19. The number of fused-ring (bicyclic) bond motifs is 1. The lowest BCUT2D eigenvalue weighted by molar-refractivity contribution is -0.127. The van der Waals surface area contributed by atoms with Crippen molar-refractivity contribution in [3.8, 4) is 0 Å². The van der Waals surface area contributed by atoms with Crippen molar-refractivity contribution in [1.29, 1.82) is 0 Å². The van der Waals surface area contributed by atoms with Crippen LogP contribution in [0.25, 0.3) is 10.9 Å². The first kappa shape index (κ1) is 20.8. The zero-order valence-corrected chi connectivity index (χ0v) is 18.5. The fourth-order valence-electron chi connectivity index (χ4n) is 5.51.